The van der Waals surface area contributed by atoms with Crippen molar-refractivity contribution in [2.45, 2.75) is 0 Å². The van der Waals surface area contributed by atoms with Gasteiger partial charge in [-0.1, -0.05) is 18.2 Å². The molecule has 112 valence electrons. The van der Waals surface area contributed by atoms with Gasteiger partial charge in [-0.25, -0.2) is 4.98 Å². The number of nitrogens with zero attached hydrogens (tertiary/aromatic N) is 2. The van der Waals surface area contributed by atoms with Crippen LogP contribution >= 0.6 is 22.7 Å². The van der Waals surface area contributed by atoms with Crippen molar-refractivity contribution in [1.82, 2.24) is 9.97 Å². The number of aromatic nitrogens is 2. The third-order valence-electron chi connectivity index (χ3n) is 3.39. The number of carbonyl (C=O) groups excluding carboxylic acids is 1. The van der Waals surface area contributed by atoms with Crippen molar-refractivity contribution in [3.63, 3.8) is 0 Å². The number of amides is 1. The highest BCUT2D eigenvalue weighted by molar-refractivity contribution is 7.14. The minimum atomic E-state index is -0.221. The molecule has 0 saturated heterocycles. The Hall–Kier alpha value is -2.57. The van der Waals surface area contributed by atoms with Crippen molar-refractivity contribution in [1.29, 1.82) is 0 Å². The number of para-hydroxylation sites is 1. The zero-order valence-corrected chi connectivity index (χ0v) is 13.5. The van der Waals surface area contributed by atoms with Gasteiger partial charge >= 0.3 is 0 Å². The summed E-state index contributed by atoms with van der Waals surface area (Å²) in [5.74, 6) is -0.221. The highest BCUT2D eigenvalue weighted by Gasteiger charge is 2.13. The predicted molar refractivity (Wildman–Crippen MR) is 95.1 cm³/mol. The molecule has 0 aliphatic heterocycles. The van der Waals surface area contributed by atoms with Gasteiger partial charge in [-0.2, -0.15) is 11.3 Å². The number of fused-ring (bicyclic) bond motifs is 1. The maximum absolute atomic E-state index is 12.4. The van der Waals surface area contributed by atoms with Crippen LogP contribution in [0.4, 0.5) is 5.69 Å². The molecule has 4 rings (SSSR count). The van der Waals surface area contributed by atoms with Crippen LogP contribution in [0.25, 0.3) is 21.5 Å². The highest BCUT2D eigenvalue weighted by atomic mass is 32.1. The molecule has 0 aliphatic carbocycles. The van der Waals surface area contributed by atoms with Gasteiger partial charge in [-0.05, 0) is 23.6 Å². The molecule has 0 saturated carbocycles. The first-order chi connectivity index (χ1) is 11.3. The normalized spacial score (nSPS) is 10.8. The molecule has 6 heteroatoms. The molecule has 0 radical (unpaired) electrons. The van der Waals surface area contributed by atoms with Crippen LogP contribution in [0.15, 0.2) is 58.7 Å². The Morgan fingerprint density at radius 2 is 2.00 bits per heavy atom. The Labute approximate surface area is 140 Å². The van der Waals surface area contributed by atoms with E-state index in [4.69, 9.17) is 0 Å². The molecule has 4 nitrogen and oxygen atoms in total. The molecule has 0 spiro atoms. The van der Waals surface area contributed by atoms with E-state index >= 15 is 0 Å². The molecule has 3 aromatic heterocycles. The van der Waals surface area contributed by atoms with Gasteiger partial charge in [0.05, 0.1) is 11.2 Å². The number of pyridine rings is 1. The van der Waals surface area contributed by atoms with Crippen LogP contribution in [0.5, 0.6) is 0 Å². The molecule has 0 unspecified atom stereocenters. The Morgan fingerprint density at radius 3 is 2.87 bits per heavy atom. The van der Waals surface area contributed by atoms with Crippen LogP contribution in [-0.4, -0.2) is 15.9 Å². The van der Waals surface area contributed by atoms with Crippen LogP contribution < -0.4 is 5.32 Å². The van der Waals surface area contributed by atoms with Gasteiger partial charge < -0.3 is 5.32 Å². The second kappa shape index (κ2) is 5.91. The van der Waals surface area contributed by atoms with Gasteiger partial charge in [0.2, 0.25) is 0 Å². The number of nitrogens with one attached hydrogen (secondary N) is 1. The number of benzene rings is 1. The lowest BCUT2D eigenvalue weighted by Gasteiger charge is -2.06. The topological polar surface area (TPSA) is 54.9 Å². The first-order valence-corrected chi connectivity index (χ1v) is 8.77. The first kappa shape index (κ1) is 14.0. The molecule has 0 aliphatic rings. The molecule has 1 amide bonds. The summed E-state index contributed by atoms with van der Waals surface area (Å²) in [6, 6.07) is 11.6. The van der Waals surface area contributed by atoms with E-state index < -0.39 is 0 Å². The Morgan fingerprint density at radius 1 is 1.09 bits per heavy atom. The smallest absolute Gasteiger partial charge is 0.275 e. The molecule has 23 heavy (non-hydrogen) atoms. The van der Waals surface area contributed by atoms with E-state index in [0.29, 0.717) is 11.4 Å². The van der Waals surface area contributed by atoms with E-state index in [-0.39, 0.29) is 5.91 Å². The van der Waals surface area contributed by atoms with Crippen molar-refractivity contribution in [3.05, 3.63) is 64.4 Å². The summed E-state index contributed by atoms with van der Waals surface area (Å²) in [5.41, 5.74) is 2.94. The summed E-state index contributed by atoms with van der Waals surface area (Å²) in [5, 5.41) is 10.5. The molecule has 0 bridgehead atoms. The molecule has 1 N–H and O–H groups in total. The average Bonchev–Trinajstić information content (AvgIpc) is 3.26. The first-order valence-electron chi connectivity index (χ1n) is 6.94. The Bertz CT molecular complexity index is 971. The molecule has 4 aromatic rings. The van der Waals surface area contributed by atoms with Crippen molar-refractivity contribution in [2.24, 2.45) is 0 Å². The maximum Gasteiger partial charge on any atom is 0.275 e. The van der Waals surface area contributed by atoms with Gasteiger partial charge in [0.1, 0.15) is 10.7 Å². The van der Waals surface area contributed by atoms with Gasteiger partial charge in [-0.15, -0.1) is 11.3 Å². The molecule has 0 fully saturated rings. The molecule has 1 aromatic carbocycles. The van der Waals surface area contributed by atoms with Crippen molar-refractivity contribution >= 4 is 45.2 Å². The highest BCUT2D eigenvalue weighted by Crippen LogP contribution is 2.26. The lowest BCUT2D eigenvalue weighted by molar-refractivity contribution is 0.102. The molecular weight excluding hydrogens is 326 g/mol. The number of thiophene rings is 1. The quantitative estimate of drug-likeness (QED) is 0.591. The fourth-order valence-electron chi connectivity index (χ4n) is 2.29. The van der Waals surface area contributed by atoms with Crippen LogP contribution in [0, 0.1) is 0 Å². The zero-order chi connectivity index (χ0) is 15.6. The summed E-state index contributed by atoms with van der Waals surface area (Å²) in [7, 11) is 0. The standard InChI is InChI=1S/C17H11N3OS2/c21-16(14-10-23-17(20-14)12-6-8-22-9-12)19-13-5-1-3-11-4-2-7-18-15(11)13/h1-10H,(H,19,21). The SMILES string of the molecule is O=C(Nc1cccc2cccnc12)c1csc(-c2ccsc2)n1. The predicted octanol–water partition coefficient (Wildman–Crippen LogP) is 4.67. The third-order valence-corrected chi connectivity index (χ3v) is 4.96. The van der Waals surface area contributed by atoms with E-state index in [1.807, 2.05) is 47.2 Å². The summed E-state index contributed by atoms with van der Waals surface area (Å²) < 4.78 is 0. The second-order valence-corrected chi connectivity index (χ2v) is 6.52. The van der Waals surface area contributed by atoms with E-state index in [0.717, 1.165) is 21.5 Å². The number of rotatable bonds is 3. The minimum absolute atomic E-state index is 0.221. The van der Waals surface area contributed by atoms with Crippen LogP contribution in [0.2, 0.25) is 0 Å². The van der Waals surface area contributed by atoms with Gasteiger partial charge in [-0.3, -0.25) is 9.78 Å². The lowest BCUT2D eigenvalue weighted by Crippen LogP contribution is -2.12. The van der Waals surface area contributed by atoms with Gasteiger partial charge in [0.15, 0.2) is 0 Å². The van der Waals surface area contributed by atoms with E-state index in [2.05, 4.69) is 15.3 Å². The summed E-state index contributed by atoms with van der Waals surface area (Å²) in [6.45, 7) is 0. The molecule has 3 heterocycles. The van der Waals surface area contributed by atoms with Crippen molar-refractivity contribution < 1.29 is 4.79 Å². The van der Waals surface area contributed by atoms with Crippen LogP contribution in [-0.2, 0) is 0 Å². The monoisotopic (exact) mass is 337 g/mol. The zero-order valence-electron chi connectivity index (χ0n) is 11.9. The second-order valence-electron chi connectivity index (χ2n) is 4.88. The van der Waals surface area contributed by atoms with E-state index in [9.17, 15) is 4.79 Å². The largest absolute Gasteiger partial charge is 0.319 e. The van der Waals surface area contributed by atoms with Gasteiger partial charge in [0, 0.05) is 27.9 Å². The van der Waals surface area contributed by atoms with Crippen LogP contribution in [0.3, 0.4) is 0 Å². The number of hydrogen-bond donors (Lipinski definition) is 1. The molecule has 0 atom stereocenters. The summed E-state index contributed by atoms with van der Waals surface area (Å²) >= 11 is 3.08. The Kier molecular flexibility index (Phi) is 3.61. The van der Waals surface area contributed by atoms with Gasteiger partial charge in [0.25, 0.3) is 5.91 Å². The average molecular weight is 337 g/mol. The van der Waals surface area contributed by atoms with E-state index in [1.54, 1.807) is 22.9 Å². The number of thiazole rings is 1. The number of anilines is 1. The molecular formula is C17H11N3OS2. The summed E-state index contributed by atoms with van der Waals surface area (Å²) in [6.07, 6.45) is 1.72. The van der Waals surface area contributed by atoms with Crippen molar-refractivity contribution in [3.8, 4) is 10.6 Å². The number of carbonyl (C=O) groups is 1. The Balaban J connectivity index is 1.62. The van der Waals surface area contributed by atoms with Crippen molar-refractivity contribution in [2.75, 3.05) is 5.32 Å². The fraction of sp³-hybridized carbons (Fsp3) is 0. The third kappa shape index (κ3) is 2.74. The minimum Gasteiger partial charge on any atom is -0.319 e. The van der Waals surface area contributed by atoms with E-state index in [1.165, 1.54) is 11.3 Å². The lowest BCUT2D eigenvalue weighted by atomic mass is 10.2. The fourth-order valence-corrected chi connectivity index (χ4v) is 3.80. The maximum atomic E-state index is 12.4. The summed E-state index contributed by atoms with van der Waals surface area (Å²) in [4.78, 5) is 21.2. The van der Waals surface area contributed by atoms with Crippen LogP contribution in [0.1, 0.15) is 10.5 Å². The number of hydrogen-bond acceptors (Lipinski definition) is 5.